The monoisotopic (exact) mass is 370 g/mol. The zero-order chi connectivity index (χ0) is 19.1. The minimum absolute atomic E-state index is 0.123. The lowest BCUT2D eigenvalue weighted by molar-refractivity contribution is 0.0468. The highest BCUT2D eigenvalue weighted by Gasteiger charge is 2.15. The highest BCUT2D eigenvalue weighted by molar-refractivity contribution is 7.99. The molecule has 0 aliphatic rings. The van der Waals surface area contributed by atoms with Crippen LogP contribution in [-0.2, 0) is 11.3 Å². The van der Waals surface area contributed by atoms with Crippen molar-refractivity contribution in [3.63, 3.8) is 0 Å². The van der Waals surface area contributed by atoms with Crippen molar-refractivity contribution in [2.45, 2.75) is 16.4 Å². The molecule has 5 heteroatoms. The van der Waals surface area contributed by atoms with Crippen molar-refractivity contribution in [1.29, 1.82) is 10.5 Å². The SMILES string of the molecule is N#Cc1ccc(COC(=O)c2ccccc2Sc2ccccc2C#N)cc1. The zero-order valence-electron chi connectivity index (χ0n) is 14.3. The highest BCUT2D eigenvalue weighted by Crippen LogP contribution is 2.33. The maximum Gasteiger partial charge on any atom is 0.339 e. The van der Waals surface area contributed by atoms with Gasteiger partial charge in [0, 0.05) is 9.79 Å². The third kappa shape index (κ3) is 4.55. The molecule has 0 radical (unpaired) electrons. The number of carbonyl (C=O) groups is 1. The standard InChI is InChI=1S/C22H14N2O2S/c23-13-16-9-11-17(12-10-16)15-26-22(25)19-6-2-4-8-21(19)27-20-7-3-1-5-18(20)14-24/h1-12H,15H2. The van der Waals surface area contributed by atoms with E-state index in [4.69, 9.17) is 10.00 Å². The van der Waals surface area contributed by atoms with Crippen LogP contribution in [0, 0.1) is 22.7 Å². The van der Waals surface area contributed by atoms with Crippen LogP contribution in [0.4, 0.5) is 0 Å². The molecule has 0 heterocycles. The minimum atomic E-state index is -0.433. The predicted molar refractivity (Wildman–Crippen MR) is 102 cm³/mol. The molecule has 3 aromatic rings. The Balaban J connectivity index is 1.75. The fourth-order valence-corrected chi connectivity index (χ4v) is 3.41. The number of hydrogen-bond acceptors (Lipinski definition) is 5. The van der Waals surface area contributed by atoms with Crippen LogP contribution in [0.15, 0.2) is 82.6 Å². The van der Waals surface area contributed by atoms with Crippen LogP contribution >= 0.6 is 11.8 Å². The number of hydrogen-bond donors (Lipinski definition) is 0. The van der Waals surface area contributed by atoms with E-state index in [9.17, 15) is 10.1 Å². The van der Waals surface area contributed by atoms with E-state index in [2.05, 4.69) is 12.1 Å². The zero-order valence-corrected chi connectivity index (χ0v) is 15.1. The molecule has 3 rings (SSSR count). The number of ether oxygens (including phenoxy) is 1. The summed E-state index contributed by atoms with van der Waals surface area (Å²) in [5.74, 6) is -0.433. The molecule has 3 aromatic carbocycles. The summed E-state index contributed by atoms with van der Waals surface area (Å²) in [4.78, 5) is 14.1. The van der Waals surface area contributed by atoms with E-state index in [0.29, 0.717) is 16.7 Å². The topological polar surface area (TPSA) is 73.9 Å². The van der Waals surface area contributed by atoms with Gasteiger partial charge in [0.15, 0.2) is 0 Å². The normalized spacial score (nSPS) is 9.85. The summed E-state index contributed by atoms with van der Waals surface area (Å²) in [5, 5.41) is 18.1. The third-order valence-corrected chi connectivity index (χ3v) is 4.94. The molecular weight excluding hydrogens is 356 g/mol. The first kappa shape index (κ1) is 18.3. The molecule has 0 aromatic heterocycles. The van der Waals surface area contributed by atoms with E-state index >= 15 is 0 Å². The van der Waals surface area contributed by atoms with Crippen molar-refractivity contribution in [2.75, 3.05) is 0 Å². The molecule has 0 bridgehead atoms. The number of benzene rings is 3. The van der Waals surface area contributed by atoms with E-state index in [-0.39, 0.29) is 6.61 Å². The van der Waals surface area contributed by atoms with Gasteiger partial charge in [0.25, 0.3) is 0 Å². The third-order valence-electron chi connectivity index (χ3n) is 3.79. The van der Waals surface area contributed by atoms with E-state index in [0.717, 1.165) is 15.4 Å². The van der Waals surface area contributed by atoms with Gasteiger partial charge in [-0.1, -0.05) is 48.2 Å². The van der Waals surface area contributed by atoms with Crippen LogP contribution in [0.1, 0.15) is 27.0 Å². The quantitative estimate of drug-likeness (QED) is 0.595. The van der Waals surface area contributed by atoms with Gasteiger partial charge in [-0.3, -0.25) is 0 Å². The van der Waals surface area contributed by atoms with E-state index in [1.165, 1.54) is 11.8 Å². The number of carbonyl (C=O) groups excluding carboxylic acids is 1. The van der Waals surface area contributed by atoms with E-state index in [1.54, 1.807) is 48.5 Å². The van der Waals surface area contributed by atoms with Gasteiger partial charge in [-0.05, 0) is 42.0 Å². The Labute approximate surface area is 161 Å². The lowest BCUT2D eigenvalue weighted by Gasteiger charge is -2.10. The van der Waals surface area contributed by atoms with Crippen molar-refractivity contribution >= 4 is 17.7 Å². The van der Waals surface area contributed by atoms with Crippen LogP contribution in [0.2, 0.25) is 0 Å². The molecule has 4 nitrogen and oxygen atoms in total. The van der Waals surface area contributed by atoms with Crippen molar-refractivity contribution in [2.24, 2.45) is 0 Å². The number of esters is 1. The van der Waals surface area contributed by atoms with Gasteiger partial charge in [-0.25, -0.2) is 4.79 Å². The van der Waals surface area contributed by atoms with Crippen LogP contribution in [0.25, 0.3) is 0 Å². The summed E-state index contributed by atoms with van der Waals surface area (Å²) in [5.41, 5.74) is 2.37. The Morgan fingerprint density at radius 2 is 1.52 bits per heavy atom. The van der Waals surface area contributed by atoms with Gasteiger partial charge in [0.1, 0.15) is 12.7 Å². The Morgan fingerprint density at radius 1 is 0.852 bits per heavy atom. The summed E-state index contributed by atoms with van der Waals surface area (Å²) in [7, 11) is 0. The number of rotatable bonds is 5. The predicted octanol–water partition coefficient (Wildman–Crippen LogP) is 4.94. The first-order chi connectivity index (χ1) is 13.2. The molecule has 0 spiro atoms. The maximum atomic E-state index is 12.6. The molecule has 0 saturated heterocycles. The van der Waals surface area contributed by atoms with Gasteiger partial charge in [-0.2, -0.15) is 10.5 Å². The largest absolute Gasteiger partial charge is 0.457 e. The molecule has 0 fully saturated rings. The van der Waals surface area contributed by atoms with Crippen molar-refractivity contribution in [3.8, 4) is 12.1 Å². The van der Waals surface area contributed by atoms with Crippen LogP contribution in [-0.4, -0.2) is 5.97 Å². The molecule has 0 aliphatic heterocycles. The highest BCUT2D eigenvalue weighted by atomic mass is 32.2. The first-order valence-electron chi connectivity index (χ1n) is 8.13. The van der Waals surface area contributed by atoms with Gasteiger partial charge in [0.2, 0.25) is 0 Å². The average molecular weight is 370 g/mol. The number of nitrogens with zero attached hydrogens (tertiary/aromatic N) is 2. The molecule has 27 heavy (non-hydrogen) atoms. The van der Waals surface area contributed by atoms with Gasteiger partial charge in [-0.15, -0.1) is 0 Å². The fourth-order valence-electron chi connectivity index (χ4n) is 2.39. The second-order valence-corrected chi connectivity index (χ2v) is 6.67. The second kappa shape index (κ2) is 8.71. The van der Waals surface area contributed by atoms with Crippen LogP contribution in [0.3, 0.4) is 0 Å². The van der Waals surface area contributed by atoms with Crippen molar-refractivity contribution < 1.29 is 9.53 Å². The molecule has 130 valence electrons. The number of nitriles is 2. The Kier molecular flexibility index (Phi) is 5.89. The summed E-state index contributed by atoms with van der Waals surface area (Å²) in [6.07, 6.45) is 0. The van der Waals surface area contributed by atoms with E-state index in [1.807, 2.05) is 24.3 Å². The minimum Gasteiger partial charge on any atom is -0.457 e. The van der Waals surface area contributed by atoms with Gasteiger partial charge < -0.3 is 4.74 Å². The lowest BCUT2D eigenvalue weighted by Crippen LogP contribution is -2.06. The van der Waals surface area contributed by atoms with Crippen molar-refractivity contribution in [1.82, 2.24) is 0 Å². The van der Waals surface area contributed by atoms with Crippen LogP contribution < -0.4 is 0 Å². The lowest BCUT2D eigenvalue weighted by atomic mass is 10.1. The summed E-state index contributed by atoms with van der Waals surface area (Å²) >= 11 is 1.36. The Hall–Kier alpha value is -3.54. The smallest absolute Gasteiger partial charge is 0.339 e. The Morgan fingerprint density at radius 3 is 2.22 bits per heavy atom. The van der Waals surface area contributed by atoms with Gasteiger partial charge >= 0.3 is 5.97 Å². The fraction of sp³-hybridized carbons (Fsp3) is 0.0455. The summed E-state index contributed by atoms with van der Waals surface area (Å²) < 4.78 is 5.42. The molecule has 0 unspecified atom stereocenters. The second-order valence-electron chi connectivity index (χ2n) is 5.59. The maximum absolute atomic E-state index is 12.6. The average Bonchev–Trinajstić information content (AvgIpc) is 2.73. The first-order valence-corrected chi connectivity index (χ1v) is 8.95. The Bertz CT molecular complexity index is 1050. The summed E-state index contributed by atoms with van der Waals surface area (Å²) in [6.45, 7) is 0.123. The molecule has 0 amide bonds. The molecular formula is C22H14N2O2S. The van der Waals surface area contributed by atoms with Crippen LogP contribution in [0.5, 0.6) is 0 Å². The summed E-state index contributed by atoms with van der Waals surface area (Å²) in [6, 6.07) is 25.5. The molecule has 0 N–H and O–H groups in total. The molecule has 0 atom stereocenters. The van der Waals surface area contributed by atoms with Crippen molar-refractivity contribution in [3.05, 3.63) is 95.1 Å². The molecule has 0 aliphatic carbocycles. The van der Waals surface area contributed by atoms with Gasteiger partial charge in [0.05, 0.1) is 22.8 Å². The molecule has 0 saturated carbocycles. The van der Waals surface area contributed by atoms with E-state index < -0.39 is 5.97 Å².